The van der Waals surface area contributed by atoms with Gasteiger partial charge in [0.25, 0.3) is 0 Å². The van der Waals surface area contributed by atoms with E-state index in [0.717, 1.165) is 33.5 Å². The number of ketones is 1. The van der Waals surface area contributed by atoms with Crippen LogP contribution < -0.4 is 0 Å². The van der Waals surface area contributed by atoms with Crippen molar-refractivity contribution in [1.29, 1.82) is 0 Å². The fraction of sp³-hybridized carbons (Fsp3) is 0.514. The molecule has 3 rings (SSSR count). The molecule has 228 valence electrons. The quantitative estimate of drug-likeness (QED) is 0.247. The molecule has 0 amide bonds. The van der Waals surface area contributed by atoms with Crippen molar-refractivity contribution in [3.05, 3.63) is 88.7 Å². The standard InChI is InChI=1S/C24H28FN.C6H10O2.C5H12.C2H6/c1-7-17-11-9-10-12-19(17)22-20-14-13-18(23(4,5)6)15-21(20)24(25,8-2)16(3)26-22;1-5(7)4-6(2)8-3;1-3-5-4-2;1-2/h7,9-16H,1,8H2,2-6H3;4H,1-3H3;3-5H2,1-2H3;1-2H3/b;6-4-;;/t16-,24?;;;/m1.../s1. The summed E-state index contributed by atoms with van der Waals surface area (Å²) in [6.07, 6.45) is 7.77. The molecule has 2 aromatic carbocycles. The number of nitrogens with zero attached hydrogens (tertiary/aromatic N) is 1. The van der Waals surface area contributed by atoms with Gasteiger partial charge in [0.05, 0.1) is 24.6 Å². The lowest BCUT2D eigenvalue weighted by Crippen LogP contribution is -2.38. The molecule has 41 heavy (non-hydrogen) atoms. The van der Waals surface area contributed by atoms with Crippen LogP contribution in [0.2, 0.25) is 0 Å². The number of benzene rings is 2. The maximum atomic E-state index is 16.0. The van der Waals surface area contributed by atoms with Crippen molar-refractivity contribution in [2.75, 3.05) is 7.11 Å². The predicted molar refractivity (Wildman–Crippen MR) is 178 cm³/mol. The van der Waals surface area contributed by atoms with Gasteiger partial charge in [-0.15, -0.1) is 0 Å². The zero-order chi connectivity index (χ0) is 31.8. The average Bonchev–Trinajstić information content (AvgIpc) is 2.96. The SMILES string of the molecule is C=Cc1ccccc1C1=N[C@H](C)C(F)(CC)c2cc(C(C)(C)C)ccc21.CC.CCCCC.CO/C(C)=C\C(C)=O. The summed E-state index contributed by atoms with van der Waals surface area (Å²) < 4.78 is 20.7. The fourth-order valence-electron chi connectivity index (χ4n) is 4.44. The molecule has 1 aliphatic rings. The molecule has 1 unspecified atom stereocenters. The molecule has 0 N–H and O–H groups in total. The number of hydrogen-bond acceptors (Lipinski definition) is 3. The maximum absolute atomic E-state index is 16.0. The molecule has 0 aromatic heterocycles. The fourth-order valence-corrected chi connectivity index (χ4v) is 4.44. The van der Waals surface area contributed by atoms with E-state index in [-0.39, 0.29) is 11.2 Å². The van der Waals surface area contributed by atoms with Crippen LogP contribution in [0.25, 0.3) is 6.08 Å². The number of unbranched alkanes of at least 4 members (excludes halogenated alkanes) is 2. The van der Waals surface area contributed by atoms with E-state index < -0.39 is 11.7 Å². The first-order chi connectivity index (χ1) is 19.3. The Morgan fingerprint density at radius 2 is 1.63 bits per heavy atom. The largest absolute Gasteiger partial charge is 0.501 e. The van der Waals surface area contributed by atoms with Crippen LogP contribution in [-0.2, 0) is 20.6 Å². The molecule has 0 radical (unpaired) electrons. The molecular weight excluding hydrogens is 509 g/mol. The van der Waals surface area contributed by atoms with Crippen LogP contribution in [0.4, 0.5) is 4.39 Å². The minimum Gasteiger partial charge on any atom is -0.501 e. The number of rotatable bonds is 7. The van der Waals surface area contributed by atoms with Crippen LogP contribution in [0.3, 0.4) is 0 Å². The van der Waals surface area contributed by atoms with Crippen molar-refractivity contribution in [3.63, 3.8) is 0 Å². The molecule has 0 spiro atoms. The van der Waals surface area contributed by atoms with Crippen LogP contribution in [0, 0.1) is 0 Å². The topological polar surface area (TPSA) is 38.7 Å². The van der Waals surface area contributed by atoms with E-state index in [4.69, 9.17) is 9.73 Å². The Bertz CT molecular complexity index is 1150. The van der Waals surface area contributed by atoms with Gasteiger partial charge in [0.1, 0.15) is 0 Å². The highest BCUT2D eigenvalue weighted by molar-refractivity contribution is 6.16. The summed E-state index contributed by atoms with van der Waals surface area (Å²) in [5, 5.41) is 0. The van der Waals surface area contributed by atoms with E-state index in [1.165, 1.54) is 39.4 Å². The zero-order valence-electron chi connectivity index (χ0n) is 28.0. The van der Waals surface area contributed by atoms with Gasteiger partial charge in [-0.3, -0.25) is 9.79 Å². The van der Waals surface area contributed by atoms with E-state index >= 15 is 4.39 Å². The van der Waals surface area contributed by atoms with Crippen molar-refractivity contribution in [1.82, 2.24) is 0 Å². The summed E-state index contributed by atoms with van der Waals surface area (Å²) in [6.45, 7) is 25.8. The van der Waals surface area contributed by atoms with Crippen molar-refractivity contribution in [2.45, 2.75) is 119 Å². The van der Waals surface area contributed by atoms with Crippen molar-refractivity contribution < 1.29 is 13.9 Å². The summed E-state index contributed by atoms with van der Waals surface area (Å²) in [5.74, 6) is 0.668. The van der Waals surface area contributed by atoms with Gasteiger partial charge in [0.15, 0.2) is 11.5 Å². The van der Waals surface area contributed by atoms with Gasteiger partial charge in [-0.05, 0) is 43.7 Å². The van der Waals surface area contributed by atoms with Crippen molar-refractivity contribution >= 4 is 17.6 Å². The number of aliphatic imine (C=N–C) groups is 1. The van der Waals surface area contributed by atoms with Crippen molar-refractivity contribution in [2.24, 2.45) is 4.99 Å². The number of methoxy groups -OCH3 is 1. The second-order valence-corrected chi connectivity index (χ2v) is 11.1. The average molecular weight is 566 g/mol. The van der Waals surface area contributed by atoms with Gasteiger partial charge in [0, 0.05) is 22.8 Å². The highest BCUT2D eigenvalue weighted by Gasteiger charge is 2.43. The first kappa shape index (κ1) is 38.0. The highest BCUT2D eigenvalue weighted by Crippen LogP contribution is 2.43. The summed E-state index contributed by atoms with van der Waals surface area (Å²) in [7, 11) is 1.54. The van der Waals surface area contributed by atoms with Crippen LogP contribution in [0.1, 0.15) is 130 Å². The van der Waals surface area contributed by atoms with Crippen LogP contribution >= 0.6 is 0 Å². The number of carbonyl (C=O) groups is 1. The van der Waals surface area contributed by atoms with Gasteiger partial charge in [-0.1, -0.05) is 130 Å². The van der Waals surface area contributed by atoms with Crippen LogP contribution in [-0.4, -0.2) is 24.6 Å². The normalized spacial score (nSPS) is 17.6. The number of halogens is 1. The minimum atomic E-state index is -1.44. The Labute approximate surface area is 251 Å². The van der Waals surface area contributed by atoms with Gasteiger partial charge in [0.2, 0.25) is 0 Å². The monoisotopic (exact) mass is 565 g/mol. The lowest BCUT2D eigenvalue weighted by Gasteiger charge is -2.37. The molecule has 0 fully saturated rings. The molecule has 0 bridgehead atoms. The number of alkyl halides is 1. The number of fused-ring (bicyclic) bond motifs is 1. The maximum Gasteiger partial charge on any atom is 0.158 e. The second-order valence-electron chi connectivity index (χ2n) is 11.1. The first-order valence-corrected chi connectivity index (χ1v) is 15.2. The lowest BCUT2D eigenvalue weighted by molar-refractivity contribution is -0.112. The number of carbonyl (C=O) groups excluding carboxylic acids is 1. The van der Waals surface area contributed by atoms with E-state index in [1.807, 2.05) is 64.1 Å². The third-order valence-corrected chi connectivity index (χ3v) is 6.96. The summed E-state index contributed by atoms with van der Waals surface area (Å²) in [4.78, 5) is 15.1. The van der Waals surface area contributed by atoms with Gasteiger partial charge >= 0.3 is 0 Å². The molecule has 0 saturated heterocycles. The Hall–Kier alpha value is -3.01. The molecular formula is C37H56FNO2. The molecule has 2 atom stereocenters. The molecule has 1 heterocycles. The molecule has 0 saturated carbocycles. The zero-order valence-corrected chi connectivity index (χ0v) is 28.0. The number of allylic oxidation sites excluding steroid dienone is 2. The smallest absolute Gasteiger partial charge is 0.158 e. The molecule has 3 nitrogen and oxygen atoms in total. The Morgan fingerprint density at radius 1 is 1.05 bits per heavy atom. The first-order valence-electron chi connectivity index (χ1n) is 15.2. The predicted octanol–water partition coefficient (Wildman–Crippen LogP) is 10.8. The van der Waals surface area contributed by atoms with Crippen LogP contribution in [0.15, 0.2) is 65.9 Å². The summed E-state index contributed by atoms with van der Waals surface area (Å²) >= 11 is 0. The highest BCUT2D eigenvalue weighted by atomic mass is 19.1. The third kappa shape index (κ3) is 11.1. The van der Waals surface area contributed by atoms with Gasteiger partial charge in [-0.2, -0.15) is 0 Å². The third-order valence-electron chi connectivity index (χ3n) is 6.96. The Morgan fingerprint density at radius 3 is 2.05 bits per heavy atom. The van der Waals surface area contributed by atoms with Crippen LogP contribution in [0.5, 0.6) is 0 Å². The minimum absolute atomic E-state index is 0.0179. The lowest BCUT2D eigenvalue weighted by atomic mass is 9.75. The molecule has 4 heteroatoms. The van der Waals surface area contributed by atoms with Crippen molar-refractivity contribution in [3.8, 4) is 0 Å². The molecule has 2 aromatic rings. The van der Waals surface area contributed by atoms with E-state index in [1.54, 1.807) is 6.92 Å². The summed E-state index contributed by atoms with van der Waals surface area (Å²) in [5.41, 5.74) is 4.24. The summed E-state index contributed by atoms with van der Waals surface area (Å²) in [6, 6.07) is 13.8. The Balaban J connectivity index is 0.000000886. The van der Waals surface area contributed by atoms with E-state index in [2.05, 4.69) is 53.3 Å². The number of hydrogen-bond donors (Lipinski definition) is 0. The molecule has 1 aliphatic heterocycles. The van der Waals surface area contributed by atoms with E-state index in [9.17, 15) is 4.79 Å². The Kier molecular flexibility index (Phi) is 17.1. The second kappa shape index (κ2) is 18.4. The number of ether oxygens (including phenoxy) is 1. The van der Waals surface area contributed by atoms with E-state index in [0.29, 0.717) is 12.2 Å². The van der Waals surface area contributed by atoms with Gasteiger partial charge in [-0.25, -0.2) is 4.39 Å². The van der Waals surface area contributed by atoms with Gasteiger partial charge < -0.3 is 4.74 Å². The molecule has 0 aliphatic carbocycles.